The summed E-state index contributed by atoms with van der Waals surface area (Å²) in [5, 5.41) is 15.7. The van der Waals surface area contributed by atoms with Crippen molar-refractivity contribution in [2.75, 3.05) is 42.8 Å². The molecule has 1 heterocycles. The number of hydrogen-bond acceptors (Lipinski definition) is 7. The van der Waals surface area contributed by atoms with Gasteiger partial charge in [0.2, 0.25) is 17.8 Å². The molecular weight excluding hydrogens is 268 g/mol. The number of nitrogens with one attached hydrogen (secondary N) is 2. The summed E-state index contributed by atoms with van der Waals surface area (Å²) < 4.78 is 0. The van der Waals surface area contributed by atoms with Crippen molar-refractivity contribution in [3.05, 3.63) is 0 Å². The van der Waals surface area contributed by atoms with Gasteiger partial charge in [-0.2, -0.15) is 15.0 Å². The van der Waals surface area contributed by atoms with Gasteiger partial charge in [-0.25, -0.2) is 0 Å². The minimum Gasteiger partial charge on any atom is -0.396 e. The molecule has 0 aliphatic carbocycles. The van der Waals surface area contributed by atoms with Crippen LogP contribution in [0, 0.1) is 5.92 Å². The van der Waals surface area contributed by atoms with Crippen LogP contribution in [0.4, 0.5) is 17.8 Å². The zero-order valence-corrected chi connectivity index (χ0v) is 13.7. The molecule has 0 spiro atoms. The first-order chi connectivity index (χ1) is 9.97. The molecule has 0 fully saturated rings. The van der Waals surface area contributed by atoms with E-state index in [4.69, 9.17) is 5.11 Å². The van der Waals surface area contributed by atoms with Crippen molar-refractivity contribution < 1.29 is 5.11 Å². The van der Waals surface area contributed by atoms with Crippen molar-refractivity contribution in [1.82, 2.24) is 15.0 Å². The smallest absolute Gasteiger partial charge is 0.231 e. The van der Waals surface area contributed by atoms with E-state index >= 15 is 0 Å². The zero-order valence-electron chi connectivity index (χ0n) is 13.7. The zero-order chi connectivity index (χ0) is 15.8. The second kappa shape index (κ2) is 8.61. The highest BCUT2D eigenvalue weighted by Gasteiger charge is 2.16. The maximum absolute atomic E-state index is 9.16. The predicted octanol–water partition coefficient (Wildman–Crippen LogP) is 1.58. The Bertz CT molecular complexity index is 424. The van der Waals surface area contributed by atoms with Crippen LogP contribution < -0.4 is 15.5 Å². The topological polar surface area (TPSA) is 86.2 Å². The maximum atomic E-state index is 9.16. The molecular formula is C14H28N6O. The fourth-order valence-corrected chi connectivity index (χ4v) is 1.82. The van der Waals surface area contributed by atoms with Crippen LogP contribution in [0.15, 0.2) is 0 Å². The lowest BCUT2D eigenvalue weighted by atomic mass is 10.0. The van der Waals surface area contributed by atoms with Crippen molar-refractivity contribution in [1.29, 1.82) is 0 Å². The van der Waals surface area contributed by atoms with E-state index in [9.17, 15) is 0 Å². The third-order valence-corrected chi connectivity index (χ3v) is 3.12. The molecule has 7 nitrogen and oxygen atoms in total. The van der Waals surface area contributed by atoms with E-state index in [1.54, 1.807) is 0 Å². The standard InChI is InChI=1S/C14H28N6O/c1-6-8-15-12-17-13(19-14(18-12)20(4)5)16-11(7-9-21)10(2)3/h10-11,21H,6-9H2,1-5H3,(H2,15,16,17,18,19). The largest absolute Gasteiger partial charge is 0.396 e. The van der Waals surface area contributed by atoms with Crippen LogP contribution in [-0.2, 0) is 0 Å². The van der Waals surface area contributed by atoms with Gasteiger partial charge in [0.15, 0.2) is 0 Å². The summed E-state index contributed by atoms with van der Waals surface area (Å²) in [7, 11) is 3.80. The first-order valence-corrected chi connectivity index (χ1v) is 7.52. The fraction of sp³-hybridized carbons (Fsp3) is 0.786. The summed E-state index contributed by atoms with van der Waals surface area (Å²) >= 11 is 0. The molecule has 0 bridgehead atoms. The molecule has 0 amide bonds. The average Bonchev–Trinajstić information content (AvgIpc) is 2.44. The quantitative estimate of drug-likeness (QED) is 0.638. The van der Waals surface area contributed by atoms with E-state index in [-0.39, 0.29) is 12.6 Å². The second-order valence-corrected chi connectivity index (χ2v) is 5.61. The van der Waals surface area contributed by atoms with Gasteiger partial charge in [0.25, 0.3) is 0 Å². The van der Waals surface area contributed by atoms with Crippen LogP contribution in [0.1, 0.15) is 33.6 Å². The molecule has 0 saturated carbocycles. The Hall–Kier alpha value is -1.63. The summed E-state index contributed by atoms with van der Waals surface area (Å²) in [6.07, 6.45) is 1.67. The molecule has 7 heteroatoms. The lowest BCUT2D eigenvalue weighted by molar-refractivity contribution is 0.267. The van der Waals surface area contributed by atoms with E-state index in [0.717, 1.165) is 13.0 Å². The first kappa shape index (κ1) is 17.4. The Labute approximate surface area is 127 Å². The molecule has 3 N–H and O–H groups in total. The van der Waals surface area contributed by atoms with E-state index in [2.05, 4.69) is 46.4 Å². The predicted molar refractivity (Wildman–Crippen MR) is 86.9 cm³/mol. The highest BCUT2D eigenvalue weighted by molar-refractivity contribution is 5.43. The first-order valence-electron chi connectivity index (χ1n) is 7.52. The monoisotopic (exact) mass is 296 g/mol. The van der Waals surface area contributed by atoms with Crippen molar-refractivity contribution in [2.45, 2.75) is 39.7 Å². The molecule has 1 unspecified atom stereocenters. The molecule has 120 valence electrons. The molecule has 0 radical (unpaired) electrons. The highest BCUT2D eigenvalue weighted by atomic mass is 16.3. The number of aromatic nitrogens is 3. The molecule has 1 aromatic heterocycles. The van der Waals surface area contributed by atoms with Gasteiger partial charge in [0.1, 0.15) is 0 Å². The summed E-state index contributed by atoms with van der Waals surface area (Å²) in [6, 6.07) is 0.131. The van der Waals surface area contributed by atoms with Gasteiger partial charge in [0, 0.05) is 33.3 Å². The Morgan fingerprint density at radius 3 is 2.33 bits per heavy atom. The summed E-state index contributed by atoms with van der Waals surface area (Å²) in [4.78, 5) is 15.0. The lowest BCUT2D eigenvalue weighted by Gasteiger charge is -2.22. The number of nitrogens with zero attached hydrogens (tertiary/aromatic N) is 4. The van der Waals surface area contributed by atoms with Gasteiger partial charge in [0.05, 0.1) is 0 Å². The molecule has 1 rings (SSSR count). The number of aliphatic hydroxyl groups excluding tert-OH is 1. The van der Waals surface area contributed by atoms with E-state index < -0.39 is 0 Å². The normalized spacial score (nSPS) is 12.3. The van der Waals surface area contributed by atoms with Gasteiger partial charge >= 0.3 is 0 Å². The molecule has 1 atom stereocenters. The van der Waals surface area contributed by atoms with Gasteiger partial charge in [-0.3, -0.25) is 0 Å². The SMILES string of the molecule is CCCNc1nc(NC(CCO)C(C)C)nc(N(C)C)n1. The number of aliphatic hydroxyl groups is 1. The van der Waals surface area contributed by atoms with Crippen LogP contribution in [0.2, 0.25) is 0 Å². The Morgan fingerprint density at radius 1 is 1.14 bits per heavy atom. The Morgan fingerprint density at radius 2 is 1.81 bits per heavy atom. The van der Waals surface area contributed by atoms with Crippen molar-refractivity contribution >= 4 is 17.8 Å². The molecule has 0 aliphatic rings. The van der Waals surface area contributed by atoms with Crippen LogP contribution in [0.5, 0.6) is 0 Å². The number of anilines is 3. The molecule has 0 saturated heterocycles. The number of rotatable bonds is 9. The fourth-order valence-electron chi connectivity index (χ4n) is 1.82. The second-order valence-electron chi connectivity index (χ2n) is 5.61. The van der Waals surface area contributed by atoms with Crippen molar-refractivity contribution in [3.63, 3.8) is 0 Å². The van der Waals surface area contributed by atoms with Gasteiger partial charge < -0.3 is 20.6 Å². The minimum absolute atomic E-state index is 0.131. The van der Waals surface area contributed by atoms with E-state index in [0.29, 0.717) is 30.2 Å². The highest BCUT2D eigenvalue weighted by Crippen LogP contribution is 2.16. The van der Waals surface area contributed by atoms with Crippen LogP contribution in [0.3, 0.4) is 0 Å². The van der Waals surface area contributed by atoms with E-state index in [1.165, 1.54) is 0 Å². The minimum atomic E-state index is 0.131. The summed E-state index contributed by atoms with van der Waals surface area (Å²) in [5.74, 6) is 2.10. The van der Waals surface area contributed by atoms with Crippen LogP contribution in [0.25, 0.3) is 0 Å². The van der Waals surface area contributed by atoms with Crippen LogP contribution >= 0.6 is 0 Å². The summed E-state index contributed by atoms with van der Waals surface area (Å²) in [6.45, 7) is 7.27. The van der Waals surface area contributed by atoms with Crippen LogP contribution in [-0.4, -0.2) is 53.3 Å². The molecule has 21 heavy (non-hydrogen) atoms. The average molecular weight is 296 g/mol. The van der Waals surface area contributed by atoms with Crippen molar-refractivity contribution in [2.24, 2.45) is 5.92 Å². The maximum Gasteiger partial charge on any atom is 0.231 e. The molecule has 0 aliphatic heterocycles. The third kappa shape index (κ3) is 5.71. The molecule has 0 aromatic carbocycles. The Balaban J connectivity index is 2.95. The van der Waals surface area contributed by atoms with Gasteiger partial charge in [-0.1, -0.05) is 20.8 Å². The van der Waals surface area contributed by atoms with Crippen molar-refractivity contribution in [3.8, 4) is 0 Å². The Kier molecular flexibility index (Phi) is 7.14. The van der Waals surface area contributed by atoms with Gasteiger partial charge in [-0.05, 0) is 18.8 Å². The number of hydrogen-bond donors (Lipinski definition) is 3. The summed E-state index contributed by atoms with van der Waals surface area (Å²) in [5.41, 5.74) is 0. The van der Waals surface area contributed by atoms with E-state index in [1.807, 2.05) is 19.0 Å². The third-order valence-electron chi connectivity index (χ3n) is 3.12. The lowest BCUT2D eigenvalue weighted by Crippen LogP contribution is -2.28. The van der Waals surface area contributed by atoms with Gasteiger partial charge in [-0.15, -0.1) is 0 Å². The molecule has 1 aromatic rings.